The Balaban J connectivity index is 4.29. The Kier molecular flexibility index (Phi) is 4.68. The van der Waals surface area contributed by atoms with Gasteiger partial charge in [-0.15, -0.1) is 0 Å². The molecule has 0 heterocycles. The Morgan fingerprint density at radius 2 is 1.21 bits per heavy atom. The van der Waals surface area contributed by atoms with Crippen molar-refractivity contribution < 1.29 is 29.6 Å². The lowest BCUT2D eigenvalue weighted by Gasteiger charge is -1.89. The molecule has 0 aliphatic rings. The van der Waals surface area contributed by atoms with Crippen molar-refractivity contribution in [3.05, 3.63) is 0 Å². The predicted molar refractivity (Wildman–Crippen MR) is 43.8 cm³/mol. The summed E-state index contributed by atoms with van der Waals surface area (Å²) in [6, 6.07) is 0. The van der Waals surface area contributed by atoms with Gasteiger partial charge >= 0.3 is 23.6 Å². The molecule has 14 heavy (non-hydrogen) atoms. The van der Waals surface area contributed by atoms with E-state index in [0.717, 1.165) is 0 Å². The van der Waals surface area contributed by atoms with Crippen LogP contribution in [0.1, 0.15) is 13.8 Å². The van der Waals surface area contributed by atoms with E-state index in [9.17, 15) is 9.59 Å². The van der Waals surface area contributed by atoms with Crippen LogP contribution in [0.5, 0.6) is 0 Å². The van der Waals surface area contributed by atoms with Crippen molar-refractivity contribution in [2.75, 3.05) is 0 Å². The van der Waals surface area contributed by atoms with E-state index in [1.807, 2.05) is 10.3 Å². The maximum atomic E-state index is 10.3. The smallest absolute Gasteiger partial charge is 0.277 e. The first-order chi connectivity index (χ1) is 6.43. The van der Waals surface area contributed by atoms with Crippen LogP contribution < -0.4 is 21.8 Å². The highest BCUT2D eigenvalue weighted by Gasteiger charge is 2.14. The Hall–Kier alpha value is -2.12. The summed E-state index contributed by atoms with van der Waals surface area (Å²) in [5.74, 6) is -1.54. The van der Waals surface area contributed by atoms with E-state index in [2.05, 4.69) is 9.68 Å². The molecule has 0 amide bonds. The monoisotopic (exact) mass is 204 g/mol. The molecule has 0 aromatic rings. The summed E-state index contributed by atoms with van der Waals surface area (Å²) in [7, 11) is 0. The zero-order valence-corrected chi connectivity index (χ0v) is 7.79. The second-order valence-electron chi connectivity index (χ2n) is 2.22. The van der Waals surface area contributed by atoms with Crippen LogP contribution in [0.4, 0.5) is 0 Å². The Morgan fingerprint density at radius 3 is 1.43 bits per heavy atom. The predicted octanol–water partition coefficient (Wildman–Crippen LogP) is -5.18. The first kappa shape index (κ1) is 11.9. The van der Waals surface area contributed by atoms with E-state index in [4.69, 9.17) is 11.5 Å². The minimum atomic E-state index is -0.590. The molecule has 0 spiro atoms. The van der Waals surface area contributed by atoms with Crippen molar-refractivity contribution in [1.29, 1.82) is 0 Å². The average Bonchev–Trinajstić information content (AvgIpc) is 2.09. The molecular formula is C6H12N4O4+2. The van der Waals surface area contributed by atoms with Crippen LogP contribution >= 0.6 is 0 Å². The SMILES string of the molecule is CC(=O)O[NH+]=C(N)C(N)=[NH+]OC(C)=O. The van der Waals surface area contributed by atoms with Crippen LogP contribution in [-0.2, 0) is 19.3 Å². The molecule has 0 saturated carbocycles. The number of carbonyl (C=O) groups excluding carboxylic acids is 2. The second kappa shape index (κ2) is 5.51. The van der Waals surface area contributed by atoms with Crippen LogP contribution in [0.15, 0.2) is 0 Å². The highest BCUT2D eigenvalue weighted by atomic mass is 16.7. The summed E-state index contributed by atoms with van der Waals surface area (Å²) < 4.78 is 0. The molecule has 0 unspecified atom stereocenters. The standard InChI is InChI=1S/C6H10N4O4/c1-3(11)13-9-5(7)6(8)10-14-4(2)12/h1-2H3,(H2,7,9)(H2,8,10)/p+2. The highest BCUT2D eigenvalue weighted by molar-refractivity contribution is 6.34. The topological polar surface area (TPSA) is 133 Å². The van der Waals surface area contributed by atoms with E-state index in [1.54, 1.807) is 0 Å². The quantitative estimate of drug-likeness (QED) is 0.154. The molecule has 0 aromatic carbocycles. The van der Waals surface area contributed by atoms with Crippen molar-refractivity contribution in [3.8, 4) is 0 Å². The normalized spacial score (nSPS) is 12.1. The lowest BCUT2D eigenvalue weighted by molar-refractivity contribution is -0.735. The van der Waals surface area contributed by atoms with Crippen LogP contribution in [-0.4, -0.2) is 23.6 Å². The fourth-order valence-corrected chi connectivity index (χ4v) is 0.364. The molecule has 6 N–H and O–H groups in total. The number of carbonyl (C=O) groups is 2. The first-order valence-electron chi connectivity index (χ1n) is 3.55. The first-order valence-corrected chi connectivity index (χ1v) is 3.55. The summed E-state index contributed by atoms with van der Waals surface area (Å²) >= 11 is 0. The third-order valence-corrected chi connectivity index (χ3v) is 0.900. The van der Waals surface area contributed by atoms with E-state index in [0.29, 0.717) is 0 Å². The second-order valence-corrected chi connectivity index (χ2v) is 2.22. The van der Waals surface area contributed by atoms with Gasteiger partial charge in [-0.1, -0.05) is 10.3 Å². The minimum Gasteiger partial charge on any atom is -0.277 e. The Bertz CT molecular complexity index is 266. The van der Waals surface area contributed by atoms with Crippen molar-refractivity contribution in [2.45, 2.75) is 13.8 Å². The molecule has 0 bridgehead atoms. The lowest BCUT2D eigenvalue weighted by atomic mass is 10.6. The van der Waals surface area contributed by atoms with Crippen molar-refractivity contribution in [2.24, 2.45) is 11.5 Å². The molecule has 8 nitrogen and oxygen atoms in total. The number of nitrogens with two attached hydrogens (primary N) is 2. The van der Waals surface area contributed by atoms with Gasteiger partial charge in [-0.2, -0.15) is 0 Å². The molecule has 0 saturated heterocycles. The van der Waals surface area contributed by atoms with Gasteiger partial charge in [0.25, 0.3) is 0 Å². The molecule has 0 atom stereocenters. The van der Waals surface area contributed by atoms with Gasteiger partial charge in [-0.05, 0) is 0 Å². The summed E-state index contributed by atoms with van der Waals surface area (Å²) in [6.45, 7) is 2.35. The van der Waals surface area contributed by atoms with E-state index in [1.165, 1.54) is 13.8 Å². The fraction of sp³-hybridized carbons (Fsp3) is 0.333. The zero-order chi connectivity index (χ0) is 11.1. The summed E-state index contributed by atoms with van der Waals surface area (Å²) in [5.41, 5.74) is 10.5. The maximum Gasteiger partial charge on any atom is 0.398 e. The van der Waals surface area contributed by atoms with Gasteiger partial charge < -0.3 is 0 Å². The number of nitrogens with one attached hydrogen (secondary N) is 2. The van der Waals surface area contributed by atoms with Crippen LogP contribution in [0.25, 0.3) is 0 Å². The number of hydrogen-bond acceptors (Lipinski definition) is 4. The van der Waals surface area contributed by atoms with Crippen molar-refractivity contribution >= 4 is 23.6 Å². The zero-order valence-electron chi connectivity index (χ0n) is 7.79. The van der Waals surface area contributed by atoms with Crippen molar-refractivity contribution in [1.82, 2.24) is 0 Å². The van der Waals surface area contributed by atoms with Crippen LogP contribution in [0, 0.1) is 0 Å². The largest absolute Gasteiger partial charge is 0.398 e. The Morgan fingerprint density at radius 1 is 0.929 bits per heavy atom. The third kappa shape index (κ3) is 5.52. The third-order valence-electron chi connectivity index (χ3n) is 0.900. The molecule has 0 rings (SSSR count). The van der Waals surface area contributed by atoms with Gasteiger partial charge in [-0.3, -0.25) is 21.1 Å². The van der Waals surface area contributed by atoms with E-state index in [-0.39, 0.29) is 11.7 Å². The molecule has 0 aromatic heterocycles. The maximum absolute atomic E-state index is 10.3. The fourth-order valence-electron chi connectivity index (χ4n) is 0.364. The number of rotatable bonds is 2. The average molecular weight is 204 g/mol. The number of hydrogen-bond donors (Lipinski definition) is 4. The molecule has 8 heteroatoms. The molecule has 0 radical (unpaired) electrons. The Labute approximate surface area is 79.5 Å². The highest BCUT2D eigenvalue weighted by Crippen LogP contribution is 1.56. The lowest BCUT2D eigenvalue weighted by Crippen LogP contribution is -2.86. The summed E-state index contributed by atoms with van der Waals surface area (Å²) in [4.78, 5) is 29.3. The van der Waals surface area contributed by atoms with Gasteiger partial charge in [0.05, 0.1) is 0 Å². The molecular weight excluding hydrogens is 192 g/mol. The summed E-state index contributed by atoms with van der Waals surface area (Å²) in [6.07, 6.45) is 0. The van der Waals surface area contributed by atoms with Gasteiger partial charge in [0.1, 0.15) is 0 Å². The molecule has 78 valence electrons. The number of amidine groups is 2. The van der Waals surface area contributed by atoms with Crippen LogP contribution in [0.3, 0.4) is 0 Å². The molecule has 0 aliphatic heterocycles. The van der Waals surface area contributed by atoms with E-state index >= 15 is 0 Å². The summed E-state index contributed by atoms with van der Waals surface area (Å²) in [5, 5.41) is 4.07. The van der Waals surface area contributed by atoms with Gasteiger partial charge in [0, 0.05) is 13.8 Å². The van der Waals surface area contributed by atoms with Gasteiger partial charge in [-0.25, -0.2) is 9.59 Å². The molecule has 0 aliphatic carbocycles. The van der Waals surface area contributed by atoms with Crippen LogP contribution in [0.2, 0.25) is 0 Å². The van der Waals surface area contributed by atoms with E-state index < -0.39 is 11.9 Å². The minimum absolute atomic E-state index is 0.179. The molecule has 0 fully saturated rings. The van der Waals surface area contributed by atoms with Gasteiger partial charge in [0.15, 0.2) is 0 Å². The van der Waals surface area contributed by atoms with Gasteiger partial charge in [0.2, 0.25) is 0 Å². The van der Waals surface area contributed by atoms with Crippen molar-refractivity contribution in [3.63, 3.8) is 0 Å².